The van der Waals surface area contributed by atoms with Crippen LogP contribution < -0.4 is 0 Å². The zero-order valence-corrected chi connectivity index (χ0v) is 9.47. The number of likely N-dealkylation sites (N-methyl/N-ethyl adjacent to an activating group) is 1. The van der Waals surface area contributed by atoms with Crippen LogP contribution in [0.1, 0.15) is 24.7 Å². The van der Waals surface area contributed by atoms with Crippen LogP contribution in [0.3, 0.4) is 0 Å². The molecule has 1 aromatic heterocycles. The second-order valence-corrected chi connectivity index (χ2v) is 4.39. The van der Waals surface area contributed by atoms with Crippen LogP contribution in [-0.4, -0.2) is 39.8 Å². The van der Waals surface area contributed by atoms with Crippen molar-refractivity contribution in [3.63, 3.8) is 0 Å². The molecule has 0 spiro atoms. The van der Waals surface area contributed by atoms with Crippen molar-refractivity contribution in [3.8, 4) is 0 Å². The van der Waals surface area contributed by atoms with Crippen LogP contribution >= 0.6 is 12.2 Å². The summed E-state index contributed by atoms with van der Waals surface area (Å²) in [5.41, 5.74) is 0. The third-order valence-corrected chi connectivity index (χ3v) is 3.13. The lowest BCUT2D eigenvalue weighted by Crippen LogP contribution is -2.34. The zero-order valence-electron chi connectivity index (χ0n) is 8.66. The number of likely N-dealkylation sites (tertiary alicyclic amines) is 1. The van der Waals surface area contributed by atoms with Gasteiger partial charge in [0.05, 0.1) is 6.04 Å². The van der Waals surface area contributed by atoms with Gasteiger partial charge in [-0.2, -0.15) is 5.10 Å². The summed E-state index contributed by atoms with van der Waals surface area (Å²) in [7, 11) is 2.16. The van der Waals surface area contributed by atoms with E-state index < -0.39 is 0 Å². The normalized spacial score (nSPS) is 24.0. The molecule has 1 fully saturated rings. The quantitative estimate of drug-likeness (QED) is 0.717. The molecular formula is C9H16N4S. The molecule has 0 radical (unpaired) electrons. The molecule has 1 aliphatic heterocycles. The van der Waals surface area contributed by atoms with Gasteiger partial charge in [0, 0.05) is 6.54 Å². The van der Waals surface area contributed by atoms with E-state index in [1.165, 1.54) is 19.4 Å². The Morgan fingerprint density at radius 3 is 2.93 bits per heavy atom. The molecule has 1 aliphatic rings. The van der Waals surface area contributed by atoms with E-state index in [2.05, 4.69) is 26.7 Å². The summed E-state index contributed by atoms with van der Waals surface area (Å²) >= 11 is 5.22. The first-order chi connectivity index (χ1) is 6.68. The third-order valence-electron chi connectivity index (χ3n) is 2.85. The number of rotatable bonds is 1. The van der Waals surface area contributed by atoms with Crippen molar-refractivity contribution < 1.29 is 0 Å². The van der Waals surface area contributed by atoms with E-state index >= 15 is 0 Å². The molecule has 0 aromatic carbocycles. The van der Waals surface area contributed by atoms with E-state index in [0.29, 0.717) is 6.04 Å². The summed E-state index contributed by atoms with van der Waals surface area (Å²) < 4.78 is 2.90. The maximum Gasteiger partial charge on any atom is 0.195 e. The van der Waals surface area contributed by atoms with Gasteiger partial charge in [-0.15, -0.1) is 0 Å². The van der Waals surface area contributed by atoms with Gasteiger partial charge >= 0.3 is 0 Å². The fraction of sp³-hybridized carbons (Fsp3) is 0.778. The van der Waals surface area contributed by atoms with Crippen molar-refractivity contribution in [2.45, 2.75) is 25.8 Å². The Bertz CT molecular complexity index is 367. The van der Waals surface area contributed by atoms with Gasteiger partial charge in [-0.05, 0) is 45.6 Å². The second kappa shape index (κ2) is 3.82. The molecule has 5 heteroatoms. The maximum absolute atomic E-state index is 5.22. The topological polar surface area (TPSA) is 36.9 Å². The number of aromatic amines is 1. The van der Waals surface area contributed by atoms with Gasteiger partial charge in [-0.25, -0.2) is 0 Å². The molecule has 2 rings (SSSR count). The minimum absolute atomic E-state index is 0.500. The first kappa shape index (κ1) is 9.86. The van der Waals surface area contributed by atoms with Gasteiger partial charge in [0.25, 0.3) is 0 Å². The van der Waals surface area contributed by atoms with E-state index in [0.717, 1.165) is 17.1 Å². The van der Waals surface area contributed by atoms with Crippen LogP contribution in [-0.2, 0) is 0 Å². The molecule has 14 heavy (non-hydrogen) atoms. The van der Waals surface area contributed by atoms with Crippen LogP contribution in [0.4, 0.5) is 0 Å². The number of aryl methyl sites for hydroxylation is 1. The lowest BCUT2D eigenvalue weighted by molar-refractivity contribution is 0.209. The smallest absolute Gasteiger partial charge is 0.195 e. The predicted octanol–water partition coefficient (Wildman–Crippen LogP) is 1.52. The van der Waals surface area contributed by atoms with E-state index in [4.69, 9.17) is 12.2 Å². The van der Waals surface area contributed by atoms with Crippen LogP contribution in [0.5, 0.6) is 0 Å². The Morgan fingerprint density at radius 2 is 2.36 bits per heavy atom. The summed E-state index contributed by atoms with van der Waals surface area (Å²) in [5.74, 6) is 0.996. The highest BCUT2D eigenvalue weighted by Gasteiger charge is 2.20. The number of nitrogens with one attached hydrogen (secondary N) is 1. The molecule has 1 atom stereocenters. The highest BCUT2D eigenvalue weighted by atomic mass is 32.1. The van der Waals surface area contributed by atoms with Gasteiger partial charge in [0.1, 0.15) is 5.82 Å². The van der Waals surface area contributed by atoms with Gasteiger partial charge < -0.3 is 4.90 Å². The highest BCUT2D eigenvalue weighted by molar-refractivity contribution is 7.71. The molecule has 1 unspecified atom stereocenters. The predicted molar refractivity (Wildman–Crippen MR) is 57.9 cm³/mol. The molecule has 0 amide bonds. The molecule has 4 nitrogen and oxygen atoms in total. The molecule has 78 valence electrons. The van der Waals surface area contributed by atoms with Gasteiger partial charge in [-0.3, -0.25) is 9.67 Å². The maximum atomic E-state index is 5.22. The Morgan fingerprint density at radius 1 is 1.57 bits per heavy atom. The van der Waals surface area contributed by atoms with Gasteiger partial charge in [-0.1, -0.05) is 0 Å². The van der Waals surface area contributed by atoms with Crippen LogP contribution in [0, 0.1) is 11.7 Å². The average molecular weight is 212 g/mol. The third kappa shape index (κ3) is 1.74. The van der Waals surface area contributed by atoms with Gasteiger partial charge in [0.15, 0.2) is 4.77 Å². The first-order valence-corrected chi connectivity index (χ1v) is 5.41. The molecular weight excluding hydrogens is 196 g/mol. The van der Waals surface area contributed by atoms with Crippen molar-refractivity contribution in [1.82, 2.24) is 19.7 Å². The molecule has 2 heterocycles. The Labute approximate surface area is 88.9 Å². The molecule has 0 bridgehead atoms. The lowest BCUT2D eigenvalue weighted by Gasteiger charge is -2.30. The van der Waals surface area contributed by atoms with Crippen LogP contribution in [0.15, 0.2) is 0 Å². The van der Waals surface area contributed by atoms with E-state index in [1.807, 2.05) is 6.92 Å². The average Bonchev–Trinajstić information content (AvgIpc) is 2.46. The van der Waals surface area contributed by atoms with Crippen LogP contribution in [0.2, 0.25) is 0 Å². The monoisotopic (exact) mass is 212 g/mol. The van der Waals surface area contributed by atoms with Crippen molar-refractivity contribution in [3.05, 3.63) is 10.6 Å². The number of hydrogen-bond donors (Lipinski definition) is 1. The summed E-state index contributed by atoms with van der Waals surface area (Å²) in [4.78, 5) is 2.35. The minimum Gasteiger partial charge on any atom is -0.304 e. The SMILES string of the molecule is Cc1n[nH]c(=S)n1C1CCCN(C)C1. The van der Waals surface area contributed by atoms with E-state index in [1.54, 1.807) is 0 Å². The molecule has 1 N–H and O–H groups in total. The molecule has 0 aliphatic carbocycles. The fourth-order valence-corrected chi connectivity index (χ4v) is 2.49. The zero-order chi connectivity index (χ0) is 10.1. The fourth-order valence-electron chi connectivity index (χ4n) is 2.16. The van der Waals surface area contributed by atoms with Crippen molar-refractivity contribution in [2.24, 2.45) is 0 Å². The first-order valence-electron chi connectivity index (χ1n) is 5.00. The largest absolute Gasteiger partial charge is 0.304 e. The molecule has 1 saturated heterocycles. The van der Waals surface area contributed by atoms with Crippen LogP contribution in [0.25, 0.3) is 0 Å². The molecule has 1 aromatic rings. The van der Waals surface area contributed by atoms with Crippen molar-refractivity contribution in [1.29, 1.82) is 0 Å². The highest BCUT2D eigenvalue weighted by Crippen LogP contribution is 2.21. The Kier molecular flexibility index (Phi) is 2.69. The molecule has 0 saturated carbocycles. The lowest BCUT2D eigenvalue weighted by atomic mass is 10.1. The number of piperidine rings is 1. The number of hydrogen-bond acceptors (Lipinski definition) is 3. The van der Waals surface area contributed by atoms with Crippen molar-refractivity contribution in [2.75, 3.05) is 20.1 Å². The van der Waals surface area contributed by atoms with E-state index in [9.17, 15) is 0 Å². The number of H-pyrrole nitrogens is 1. The van der Waals surface area contributed by atoms with Gasteiger partial charge in [0.2, 0.25) is 0 Å². The summed E-state index contributed by atoms with van der Waals surface area (Å²) in [6.45, 7) is 4.27. The summed E-state index contributed by atoms with van der Waals surface area (Å²) in [6.07, 6.45) is 2.45. The standard InChI is InChI=1S/C9H16N4S/c1-7-10-11-9(14)13(7)8-4-3-5-12(2)6-8/h8H,3-6H2,1-2H3,(H,11,14). The van der Waals surface area contributed by atoms with Crippen molar-refractivity contribution >= 4 is 12.2 Å². The second-order valence-electron chi connectivity index (χ2n) is 4.00. The summed E-state index contributed by atoms with van der Waals surface area (Å²) in [5, 5.41) is 6.99. The summed E-state index contributed by atoms with van der Waals surface area (Å²) in [6, 6.07) is 0.500. The Balaban J connectivity index is 2.26. The number of aromatic nitrogens is 3. The number of nitrogens with zero attached hydrogens (tertiary/aromatic N) is 3. The minimum atomic E-state index is 0.500. The van der Waals surface area contributed by atoms with E-state index in [-0.39, 0.29) is 0 Å². The Hall–Kier alpha value is -0.680.